The first kappa shape index (κ1) is 27.5. The molecule has 0 spiro atoms. The van der Waals surface area contributed by atoms with Crippen LogP contribution >= 0.6 is 21.6 Å². The second kappa shape index (κ2) is 13.8. The molecule has 0 bridgehead atoms. The van der Waals surface area contributed by atoms with Gasteiger partial charge in [-0.2, -0.15) is 19.6 Å². The Morgan fingerprint density at radius 3 is 1.42 bits per heavy atom. The molecule has 0 atom stereocenters. The van der Waals surface area contributed by atoms with Gasteiger partial charge in [0.25, 0.3) is 0 Å². The monoisotopic (exact) mass is 554 g/mol. The highest BCUT2D eigenvalue weighted by Gasteiger charge is 2.19. The van der Waals surface area contributed by atoms with E-state index >= 15 is 0 Å². The van der Waals surface area contributed by atoms with Crippen molar-refractivity contribution in [2.75, 3.05) is 26.4 Å². The maximum atomic E-state index is 13.3. The van der Waals surface area contributed by atoms with Gasteiger partial charge in [0.1, 0.15) is 0 Å². The van der Waals surface area contributed by atoms with E-state index in [1.165, 1.54) is 43.3 Å². The molecule has 198 valence electrons. The molecule has 4 rings (SSSR count). The SMILES string of the molecule is O=c1c(OCCCO)c(SSc2cnn(-c3ccccc3)c(=O)c2OCCCO)cnn1-c1ccccc1. The first-order valence-electron chi connectivity index (χ1n) is 11.8. The summed E-state index contributed by atoms with van der Waals surface area (Å²) in [6, 6.07) is 17.9. The highest BCUT2D eigenvalue weighted by atomic mass is 33.1. The summed E-state index contributed by atoms with van der Waals surface area (Å²) in [5, 5.41) is 26.9. The molecule has 38 heavy (non-hydrogen) atoms. The number of para-hydroxylation sites is 2. The number of rotatable bonds is 13. The third kappa shape index (κ3) is 6.64. The van der Waals surface area contributed by atoms with Crippen LogP contribution in [-0.4, -0.2) is 56.2 Å². The average molecular weight is 555 g/mol. The minimum absolute atomic E-state index is 0.0763. The molecule has 0 aliphatic carbocycles. The Labute approximate surface area is 226 Å². The van der Waals surface area contributed by atoms with Crippen molar-refractivity contribution in [1.82, 2.24) is 19.6 Å². The predicted octanol–water partition coefficient (Wildman–Crippen LogP) is 3.10. The standard InChI is InChI=1S/C26H26N4O6S2/c31-13-7-15-35-23-21(17-27-29(25(23)33)19-9-3-1-4-10-19)37-38-22-18-28-30(20-11-5-2-6-12-20)26(34)24(22)36-16-8-14-32/h1-6,9-12,17-18,31-32H,7-8,13-16H2. The van der Waals surface area contributed by atoms with Gasteiger partial charge in [0.15, 0.2) is 0 Å². The third-order valence-corrected chi connectivity index (χ3v) is 7.47. The van der Waals surface area contributed by atoms with Crippen LogP contribution in [0.1, 0.15) is 12.8 Å². The van der Waals surface area contributed by atoms with Crippen molar-refractivity contribution >= 4 is 21.6 Å². The molecular formula is C26H26N4O6S2. The predicted molar refractivity (Wildman–Crippen MR) is 146 cm³/mol. The van der Waals surface area contributed by atoms with Crippen molar-refractivity contribution in [2.24, 2.45) is 0 Å². The number of ether oxygens (including phenoxy) is 2. The van der Waals surface area contributed by atoms with Crippen LogP contribution in [0.25, 0.3) is 11.4 Å². The van der Waals surface area contributed by atoms with Gasteiger partial charge >= 0.3 is 11.1 Å². The number of aliphatic hydroxyl groups excluding tert-OH is 2. The lowest BCUT2D eigenvalue weighted by molar-refractivity contribution is 0.228. The summed E-state index contributed by atoms with van der Waals surface area (Å²) < 4.78 is 14.0. The lowest BCUT2D eigenvalue weighted by atomic mass is 10.3. The molecule has 4 aromatic rings. The zero-order chi connectivity index (χ0) is 26.7. The number of hydrogen-bond acceptors (Lipinski definition) is 10. The van der Waals surface area contributed by atoms with Gasteiger partial charge in [-0.3, -0.25) is 9.59 Å². The zero-order valence-electron chi connectivity index (χ0n) is 20.3. The van der Waals surface area contributed by atoms with Gasteiger partial charge in [0, 0.05) is 26.1 Å². The summed E-state index contributed by atoms with van der Waals surface area (Å²) in [6.45, 7) is 0.139. The first-order chi connectivity index (χ1) is 18.6. The van der Waals surface area contributed by atoms with Crippen LogP contribution in [0.2, 0.25) is 0 Å². The summed E-state index contributed by atoms with van der Waals surface area (Å²) >= 11 is 0. The minimum atomic E-state index is -0.447. The molecule has 0 saturated carbocycles. The minimum Gasteiger partial charge on any atom is -0.487 e. The lowest BCUT2D eigenvalue weighted by Crippen LogP contribution is -2.24. The van der Waals surface area contributed by atoms with Gasteiger partial charge in [-0.05, 0) is 45.9 Å². The van der Waals surface area contributed by atoms with Crippen molar-refractivity contribution in [3.63, 3.8) is 0 Å². The van der Waals surface area contributed by atoms with E-state index in [2.05, 4.69) is 10.2 Å². The normalized spacial score (nSPS) is 10.9. The molecule has 0 amide bonds. The summed E-state index contributed by atoms with van der Waals surface area (Å²) in [5.74, 6) is 0.172. The van der Waals surface area contributed by atoms with E-state index in [0.717, 1.165) is 0 Å². The Bertz CT molecular complexity index is 1340. The number of nitrogens with zero attached hydrogens (tertiary/aromatic N) is 4. The van der Waals surface area contributed by atoms with E-state index in [1.54, 1.807) is 48.5 Å². The summed E-state index contributed by atoms with van der Waals surface area (Å²) in [7, 11) is 2.35. The van der Waals surface area contributed by atoms with Crippen molar-refractivity contribution in [3.05, 3.63) is 93.8 Å². The summed E-state index contributed by atoms with van der Waals surface area (Å²) in [4.78, 5) is 27.4. The number of aromatic nitrogens is 4. The van der Waals surface area contributed by atoms with E-state index in [4.69, 9.17) is 19.7 Å². The Morgan fingerprint density at radius 2 is 1.05 bits per heavy atom. The van der Waals surface area contributed by atoms with Gasteiger partial charge < -0.3 is 19.7 Å². The molecule has 0 radical (unpaired) electrons. The van der Waals surface area contributed by atoms with Gasteiger partial charge in [-0.25, -0.2) is 0 Å². The fourth-order valence-corrected chi connectivity index (χ4v) is 5.36. The van der Waals surface area contributed by atoms with Crippen LogP contribution in [0, 0.1) is 0 Å². The van der Waals surface area contributed by atoms with Gasteiger partial charge in [0.05, 0.1) is 46.8 Å². The molecule has 0 unspecified atom stereocenters. The maximum Gasteiger partial charge on any atom is 0.315 e. The van der Waals surface area contributed by atoms with Gasteiger partial charge in [-0.1, -0.05) is 36.4 Å². The quantitative estimate of drug-likeness (QED) is 0.188. The molecule has 10 nitrogen and oxygen atoms in total. The number of aliphatic hydroxyl groups is 2. The Balaban J connectivity index is 1.66. The van der Waals surface area contributed by atoms with Gasteiger partial charge in [0.2, 0.25) is 11.5 Å². The van der Waals surface area contributed by atoms with Crippen LogP contribution in [0.3, 0.4) is 0 Å². The first-order valence-corrected chi connectivity index (χ1v) is 14.0. The van der Waals surface area contributed by atoms with Crippen molar-refractivity contribution in [2.45, 2.75) is 22.6 Å². The fourth-order valence-electron chi connectivity index (χ4n) is 3.30. The Hall–Kier alpha value is -3.58. The smallest absolute Gasteiger partial charge is 0.315 e. The van der Waals surface area contributed by atoms with Crippen LogP contribution in [0.15, 0.2) is 92.4 Å². The number of benzene rings is 2. The molecule has 12 heteroatoms. The fraction of sp³-hybridized carbons (Fsp3) is 0.231. The van der Waals surface area contributed by atoms with Crippen LogP contribution in [-0.2, 0) is 0 Å². The molecule has 2 aromatic heterocycles. The molecule has 0 aliphatic rings. The molecule has 0 aliphatic heterocycles. The van der Waals surface area contributed by atoms with E-state index in [9.17, 15) is 9.59 Å². The molecule has 2 N–H and O–H groups in total. The van der Waals surface area contributed by atoms with Crippen LogP contribution in [0.5, 0.6) is 11.5 Å². The van der Waals surface area contributed by atoms with E-state index in [0.29, 0.717) is 34.0 Å². The Morgan fingerprint density at radius 1 is 0.658 bits per heavy atom. The van der Waals surface area contributed by atoms with Crippen molar-refractivity contribution < 1.29 is 19.7 Å². The van der Waals surface area contributed by atoms with Gasteiger partial charge in [-0.15, -0.1) is 0 Å². The number of hydrogen-bond donors (Lipinski definition) is 2. The lowest BCUT2D eigenvalue weighted by Gasteiger charge is -2.14. The summed E-state index contributed by atoms with van der Waals surface area (Å²) in [6.07, 6.45) is 3.75. The van der Waals surface area contributed by atoms with E-state index in [1.807, 2.05) is 12.1 Å². The molecular weight excluding hydrogens is 528 g/mol. The second-order valence-corrected chi connectivity index (χ2v) is 10.0. The molecule has 2 heterocycles. The van der Waals surface area contributed by atoms with E-state index in [-0.39, 0.29) is 37.9 Å². The highest BCUT2D eigenvalue weighted by Crippen LogP contribution is 2.42. The van der Waals surface area contributed by atoms with Crippen molar-refractivity contribution in [1.29, 1.82) is 0 Å². The van der Waals surface area contributed by atoms with Crippen LogP contribution < -0.4 is 20.6 Å². The average Bonchev–Trinajstić information content (AvgIpc) is 2.95. The highest BCUT2D eigenvalue weighted by molar-refractivity contribution is 8.76. The molecule has 0 saturated heterocycles. The molecule has 2 aromatic carbocycles. The Kier molecular flexibility index (Phi) is 9.98. The second-order valence-electron chi connectivity index (χ2n) is 7.80. The van der Waals surface area contributed by atoms with Crippen molar-refractivity contribution in [3.8, 4) is 22.9 Å². The third-order valence-electron chi connectivity index (χ3n) is 5.12. The zero-order valence-corrected chi connectivity index (χ0v) is 21.9. The topological polar surface area (TPSA) is 129 Å². The maximum absolute atomic E-state index is 13.3. The van der Waals surface area contributed by atoms with Crippen LogP contribution in [0.4, 0.5) is 0 Å². The van der Waals surface area contributed by atoms with E-state index < -0.39 is 11.1 Å². The largest absolute Gasteiger partial charge is 0.487 e. The molecule has 0 fully saturated rings. The summed E-state index contributed by atoms with van der Waals surface area (Å²) in [5.41, 5.74) is 0.276.